The van der Waals surface area contributed by atoms with Crippen molar-refractivity contribution in [2.75, 3.05) is 29.5 Å². The summed E-state index contributed by atoms with van der Waals surface area (Å²) < 4.78 is 0. The zero-order valence-electron chi connectivity index (χ0n) is 8.52. The molecule has 3 nitrogen and oxygen atoms in total. The fraction of sp³-hybridized carbons (Fsp3) is 0.455. The van der Waals surface area contributed by atoms with Crippen molar-refractivity contribution in [1.29, 1.82) is 5.26 Å². The molecule has 1 saturated heterocycles. The van der Waals surface area contributed by atoms with Crippen LogP contribution in [-0.4, -0.2) is 29.6 Å². The number of rotatable bonds is 1. The molecule has 1 aromatic rings. The minimum absolute atomic E-state index is 0.628. The van der Waals surface area contributed by atoms with Crippen molar-refractivity contribution in [3.63, 3.8) is 0 Å². The van der Waals surface area contributed by atoms with Gasteiger partial charge in [-0.2, -0.15) is 17.0 Å². The maximum Gasteiger partial charge on any atom is 0.128 e. The quantitative estimate of drug-likeness (QED) is 0.723. The Bertz CT molecular complexity index is 347. The first kappa shape index (κ1) is 10.3. The van der Waals surface area contributed by atoms with Crippen LogP contribution >= 0.6 is 11.8 Å². The summed E-state index contributed by atoms with van der Waals surface area (Å²) in [4.78, 5) is 6.60. The predicted octanol–water partition coefficient (Wildman–Crippen LogP) is 1.90. The predicted molar refractivity (Wildman–Crippen MR) is 63.1 cm³/mol. The monoisotopic (exact) mass is 219 g/mol. The van der Waals surface area contributed by atoms with Gasteiger partial charge < -0.3 is 4.90 Å². The highest BCUT2D eigenvalue weighted by Gasteiger charge is 2.10. The second-order valence-corrected chi connectivity index (χ2v) is 4.69. The van der Waals surface area contributed by atoms with E-state index in [1.54, 1.807) is 6.20 Å². The van der Waals surface area contributed by atoms with E-state index < -0.39 is 0 Å². The first-order valence-electron chi connectivity index (χ1n) is 5.09. The van der Waals surface area contributed by atoms with Gasteiger partial charge in [0.05, 0.1) is 5.56 Å². The molecule has 0 aromatic carbocycles. The van der Waals surface area contributed by atoms with E-state index in [1.807, 2.05) is 23.9 Å². The van der Waals surface area contributed by atoms with E-state index in [-0.39, 0.29) is 0 Å². The minimum Gasteiger partial charge on any atom is -0.356 e. The molecule has 0 radical (unpaired) electrons. The van der Waals surface area contributed by atoms with Crippen molar-refractivity contribution < 1.29 is 0 Å². The number of hydrogen-bond donors (Lipinski definition) is 0. The second kappa shape index (κ2) is 5.04. The number of hydrogen-bond acceptors (Lipinski definition) is 4. The molecule has 1 fully saturated rings. The number of nitriles is 1. The van der Waals surface area contributed by atoms with Gasteiger partial charge in [0.2, 0.25) is 0 Å². The second-order valence-electron chi connectivity index (χ2n) is 3.47. The van der Waals surface area contributed by atoms with E-state index >= 15 is 0 Å². The Morgan fingerprint density at radius 3 is 3.00 bits per heavy atom. The van der Waals surface area contributed by atoms with Crippen molar-refractivity contribution in [3.8, 4) is 6.07 Å². The molecule has 2 rings (SSSR count). The summed E-state index contributed by atoms with van der Waals surface area (Å²) in [7, 11) is 0. The van der Waals surface area contributed by atoms with Crippen LogP contribution in [0.3, 0.4) is 0 Å². The Morgan fingerprint density at radius 2 is 2.27 bits per heavy atom. The van der Waals surface area contributed by atoms with Gasteiger partial charge in [0.25, 0.3) is 0 Å². The number of pyridine rings is 1. The van der Waals surface area contributed by atoms with Crippen LogP contribution in [0.5, 0.6) is 0 Å². The van der Waals surface area contributed by atoms with Crippen molar-refractivity contribution >= 4 is 17.6 Å². The average molecular weight is 219 g/mol. The van der Waals surface area contributed by atoms with Crippen LogP contribution in [0, 0.1) is 11.3 Å². The molecule has 1 aliphatic rings. The Hall–Kier alpha value is -1.21. The van der Waals surface area contributed by atoms with E-state index in [4.69, 9.17) is 5.26 Å². The van der Waals surface area contributed by atoms with Gasteiger partial charge in [-0.15, -0.1) is 0 Å². The number of nitrogens with zero attached hydrogens (tertiary/aromatic N) is 3. The Labute approximate surface area is 94.1 Å². The van der Waals surface area contributed by atoms with Gasteiger partial charge in [0.1, 0.15) is 11.9 Å². The zero-order valence-corrected chi connectivity index (χ0v) is 9.33. The maximum atomic E-state index is 8.68. The Kier molecular flexibility index (Phi) is 3.46. The third-order valence-electron chi connectivity index (χ3n) is 2.42. The van der Waals surface area contributed by atoms with E-state index in [0.29, 0.717) is 5.56 Å². The van der Waals surface area contributed by atoms with Crippen molar-refractivity contribution in [2.45, 2.75) is 6.42 Å². The lowest BCUT2D eigenvalue weighted by atomic mass is 10.3. The molecule has 1 aromatic heterocycles. The Balaban J connectivity index is 2.10. The molecule has 0 saturated carbocycles. The number of thioether (sulfide) groups is 1. The van der Waals surface area contributed by atoms with Crippen molar-refractivity contribution in [2.24, 2.45) is 0 Å². The summed E-state index contributed by atoms with van der Waals surface area (Å²) in [5.41, 5.74) is 0.628. The van der Waals surface area contributed by atoms with Gasteiger partial charge in [-0.05, 0) is 24.3 Å². The van der Waals surface area contributed by atoms with Gasteiger partial charge >= 0.3 is 0 Å². The summed E-state index contributed by atoms with van der Waals surface area (Å²) in [5, 5.41) is 8.68. The van der Waals surface area contributed by atoms with Gasteiger partial charge in [-0.25, -0.2) is 4.98 Å². The van der Waals surface area contributed by atoms with E-state index in [9.17, 15) is 0 Å². The van der Waals surface area contributed by atoms with Crippen LogP contribution < -0.4 is 4.90 Å². The van der Waals surface area contributed by atoms with Gasteiger partial charge in [0, 0.05) is 25.0 Å². The number of anilines is 1. The third kappa shape index (κ3) is 2.63. The maximum absolute atomic E-state index is 8.68. The van der Waals surface area contributed by atoms with Crippen LogP contribution in [0.1, 0.15) is 12.0 Å². The zero-order chi connectivity index (χ0) is 10.5. The molecule has 1 aliphatic heterocycles. The van der Waals surface area contributed by atoms with Crippen molar-refractivity contribution in [1.82, 2.24) is 4.98 Å². The molecule has 15 heavy (non-hydrogen) atoms. The van der Waals surface area contributed by atoms with Gasteiger partial charge in [-0.1, -0.05) is 0 Å². The molecule has 2 heterocycles. The van der Waals surface area contributed by atoms with Crippen LogP contribution in [0.2, 0.25) is 0 Å². The lowest BCUT2D eigenvalue weighted by Gasteiger charge is -2.20. The van der Waals surface area contributed by atoms with Crippen LogP contribution in [-0.2, 0) is 0 Å². The average Bonchev–Trinajstić information content (AvgIpc) is 2.58. The van der Waals surface area contributed by atoms with Crippen molar-refractivity contribution in [3.05, 3.63) is 23.9 Å². The van der Waals surface area contributed by atoms with Crippen LogP contribution in [0.25, 0.3) is 0 Å². The molecular formula is C11H13N3S. The molecule has 0 unspecified atom stereocenters. The molecule has 0 N–H and O–H groups in total. The van der Waals surface area contributed by atoms with E-state index in [1.165, 1.54) is 17.9 Å². The van der Waals surface area contributed by atoms with Gasteiger partial charge in [-0.3, -0.25) is 0 Å². The topological polar surface area (TPSA) is 39.9 Å². The van der Waals surface area contributed by atoms with Crippen LogP contribution in [0.4, 0.5) is 5.82 Å². The highest BCUT2D eigenvalue weighted by atomic mass is 32.2. The summed E-state index contributed by atoms with van der Waals surface area (Å²) in [6.45, 7) is 2.13. The normalized spacial score (nSPS) is 16.9. The first-order chi connectivity index (χ1) is 7.40. The smallest absolute Gasteiger partial charge is 0.128 e. The first-order valence-corrected chi connectivity index (χ1v) is 6.24. The summed E-state index contributed by atoms with van der Waals surface area (Å²) in [5.74, 6) is 3.41. The highest BCUT2D eigenvalue weighted by Crippen LogP contribution is 2.16. The largest absolute Gasteiger partial charge is 0.356 e. The third-order valence-corrected chi connectivity index (χ3v) is 3.47. The SMILES string of the molecule is N#Cc1ccc(N2CCCSCC2)nc1. The van der Waals surface area contributed by atoms with E-state index in [2.05, 4.69) is 16.0 Å². The fourth-order valence-corrected chi connectivity index (χ4v) is 2.50. The summed E-state index contributed by atoms with van der Waals surface area (Å²) >= 11 is 2.00. The molecule has 4 heteroatoms. The standard InChI is InChI=1S/C11H13N3S/c12-8-10-2-3-11(13-9-10)14-4-1-6-15-7-5-14/h2-3,9H,1,4-7H2. The summed E-state index contributed by atoms with van der Waals surface area (Å²) in [6.07, 6.45) is 2.86. The molecule has 0 atom stereocenters. The lowest BCUT2D eigenvalue weighted by molar-refractivity contribution is 0.801. The molecule has 0 amide bonds. The minimum atomic E-state index is 0.628. The molecule has 0 spiro atoms. The fourth-order valence-electron chi connectivity index (χ4n) is 1.61. The Morgan fingerprint density at radius 1 is 1.33 bits per heavy atom. The molecular weight excluding hydrogens is 206 g/mol. The lowest BCUT2D eigenvalue weighted by Crippen LogP contribution is -2.26. The number of aromatic nitrogens is 1. The van der Waals surface area contributed by atoms with E-state index in [0.717, 1.165) is 18.9 Å². The van der Waals surface area contributed by atoms with Crippen LogP contribution in [0.15, 0.2) is 18.3 Å². The van der Waals surface area contributed by atoms with Gasteiger partial charge in [0.15, 0.2) is 0 Å². The molecule has 78 valence electrons. The highest BCUT2D eigenvalue weighted by molar-refractivity contribution is 7.99. The summed E-state index contributed by atoms with van der Waals surface area (Å²) in [6, 6.07) is 5.86. The molecule has 0 bridgehead atoms. The molecule has 0 aliphatic carbocycles.